The average Bonchev–Trinajstić information content (AvgIpc) is 2.78. The van der Waals surface area contributed by atoms with Crippen molar-refractivity contribution in [3.05, 3.63) is 48.4 Å². The number of nitrogens with zero attached hydrogens (tertiary/aromatic N) is 2. The maximum atomic E-state index is 13.8. The van der Waals surface area contributed by atoms with Crippen LogP contribution in [0, 0.1) is 11.7 Å². The van der Waals surface area contributed by atoms with E-state index < -0.39 is 15.7 Å². The molecule has 0 saturated carbocycles. The summed E-state index contributed by atoms with van der Waals surface area (Å²) in [6.07, 6.45) is 3.25. The number of halogens is 1. The summed E-state index contributed by atoms with van der Waals surface area (Å²) >= 11 is 0. The van der Waals surface area contributed by atoms with Crippen LogP contribution in [0.25, 0.3) is 10.9 Å². The lowest BCUT2D eigenvalue weighted by atomic mass is 9.98. The Morgan fingerprint density at radius 3 is 2.42 bits per heavy atom. The molecule has 1 aliphatic rings. The lowest BCUT2D eigenvalue weighted by molar-refractivity contribution is 0.354. The Balaban J connectivity index is 1.92. The zero-order chi connectivity index (χ0) is 22.2. The van der Waals surface area contributed by atoms with Crippen LogP contribution in [0.2, 0.25) is 0 Å². The summed E-state index contributed by atoms with van der Waals surface area (Å²) in [7, 11) is -0.972. The van der Waals surface area contributed by atoms with Crippen LogP contribution in [0.15, 0.2) is 52.4 Å². The lowest BCUT2D eigenvalue weighted by Gasteiger charge is -2.34. The molecule has 3 aromatic rings. The van der Waals surface area contributed by atoms with E-state index in [1.54, 1.807) is 12.1 Å². The van der Waals surface area contributed by atoms with Crippen molar-refractivity contribution in [3.63, 3.8) is 0 Å². The molecule has 2 heterocycles. The quantitative estimate of drug-likeness (QED) is 0.579. The van der Waals surface area contributed by atoms with Gasteiger partial charge in [-0.15, -0.1) is 0 Å². The van der Waals surface area contributed by atoms with Crippen molar-refractivity contribution in [2.75, 3.05) is 32.2 Å². The molecule has 0 aliphatic carbocycles. The molecule has 0 amide bonds. The molecule has 0 bridgehead atoms. The highest BCUT2D eigenvalue weighted by Gasteiger charge is 2.29. The Morgan fingerprint density at radius 2 is 1.74 bits per heavy atom. The first-order chi connectivity index (χ1) is 14.8. The monoisotopic (exact) mass is 444 g/mol. The van der Waals surface area contributed by atoms with Gasteiger partial charge < -0.3 is 14.4 Å². The van der Waals surface area contributed by atoms with Gasteiger partial charge in [0.2, 0.25) is 9.84 Å². The van der Waals surface area contributed by atoms with Crippen molar-refractivity contribution in [1.82, 2.24) is 4.98 Å². The highest BCUT2D eigenvalue weighted by Crippen LogP contribution is 2.39. The highest BCUT2D eigenvalue weighted by molar-refractivity contribution is 7.91. The number of sulfone groups is 1. The third-order valence-corrected chi connectivity index (χ3v) is 7.58. The van der Waals surface area contributed by atoms with Crippen molar-refractivity contribution in [1.29, 1.82) is 0 Å². The van der Waals surface area contributed by atoms with Gasteiger partial charge >= 0.3 is 0 Å². The third-order valence-electron chi connectivity index (χ3n) is 5.82. The van der Waals surface area contributed by atoms with E-state index in [1.807, 2.05) is 0 Å². The van der Waals surface area contributed by atoms with Crippen LogP contribution in [-0.2, 0) is 9.84 Å². The summed E-state index contributed by atoms with van der Waals surface area (Å²) in [6.45, 7) is 3.65. The molecule has 0 radical (unpaired) electrons. The number of fused-ring (bicyclic) bond motifs is 1. The highest BCUT2D eigenvalue weighted by atomic mass is 32.2. The van der Waals surface area contributed by atoms with Gasteiger partial charge in [-0.3, -0.25) is 4.98 Å². The van der Waals surface area contributed by atoms with Crippen LogP contribution in [0.1, 0.15) is 19.8 Å². The zero-order valence-corrected chi connectivity index (χ0v) is 18.6. The minimum Gasteiger partial charge on any atom is -0.493 e. The second kappa shape index (κ2) is 8.34. The number of hydrogen-bond donors (Lipinski definition) is 0. The zero-order valence-electron chi connectivity index (χ0n) is 17.8. The normalized spacial score (nSPS) is 15.3. The minimum atomic E-state index is -3.93. The summed E-state index contributed by atoms with van der Waals surface area (Å²) in [5.74, 6) is 0.938. The molecule has 1 aromatic heterocycles. The van der Waals surface area contributed by atoms with Gasteiger partial charge in [0.1, 0.15) is 10.7 Å². The van der Waals surface area contributed by atoms with Crippen molar-refractivity contribution in [3.8, 4) is 11.5 Å². The number of anilines is 1. The van der Waals surface area contributed by atoms with Gasteiger partial charge in [0, 0.05) is 36.8 Å². The molecule has 164 valence electrons. The van der Waals surface area contributed by atoms with Gasteiger partial charge in [-0.1, -0.05) is 6.92 Å². The van der Waals surface area contributed by atoms with Gasteiger partial charge in [0.25, 0.3) is 0 Å². The van der Waals surface area contributed by atoms with E-state index in [0.29, 0.717) is 34.0 Å². The van der Waals surface area contributed by atoms with Gasteiger partial charge in [-0.05, 0) is 43.0 Å². The van der Waals surface area contributed by atoms with Crippen molar-refractivity contribution < 1.29 is 22.3 Å². The smallest absolute Gasteiger partial charge is 0.210 e. The van der Waals surface area contributed by atoms with Crippen LogP contribution in [-0.4, -0.2) is 40.7 Å². The Labute approximate surface area is 181 Å². The van der Waals surface area contributed by atoms with E-state index in [1.165, 1.54) is 44.7 Å². The lowest BCUT2D eigenvalue weighted by Crippen LogP contribution is -2.34. The molecule has 0 spiro atoms. The largest absolute Gasteiger partial charge is 0.493 e. The summed E-state index contributed by atoms with van der Waals surface area (Å²) < 4.78 is 51.7. The molecule has 0 atom stereocenters. The van der Waals surface area contributed by atoms with Crippen LogP contribution >= 0.6 is 0 Å². The van der Waals surface area contributed by atoms with E-state index in [9.17, 15) is 12.8 Å². The molecule has 0 N–H and O–H groups in total. The van der Waals surface area contributed by atoms with Crippen molar-refractivity contribution >= 4 is 26.4 Å². The number of pyridine rings is 1. The first kappa shape index (κ1) is 21.4. The fraction of sp³-hybridized carbons (Fsp3) is 0.348. The molecule has 1 fully saturated rings. The van der Waals surface area contributed by atoms with Gasteiger partial charge in [0.05, 0.1) is 30.3 Å². The second-order valence-corrected chi connectivity index (χ2v) is 9.74. The van der Waals surface area contributed by atoms with Crippen molar-refractivity contribution in [2.24, 2.45) is 5.92 Å². The number of hydrogen-bond acceptors (Lipinski definition) is 6. The van der Waals surface area contributed by atoms with E-state index >= 15 is 0 Å². The Bertz CT molecular complexity index is 1220. The van der Waals surface area contributed by atoms with E-state index in [-0.39, 0.29) is 9.79 Å². The number of ether oxygens (including phenoxy) is 2. The van der Waals surface area contributed by atoms with Gasteiger partial charge in [0.15, 0.2) is 11.5 Å². The van der Waals surface area contributed by atoms with Gasteiger partial charge in [-0.2, -0.15) is 0 Å². The number of aromatic nitrogens is 1. The summed E-state index contributed by atoms with van der Waals surface area (Å²) in [5.41, 5.74) is 1.01. The molecule has 2 aromatic carbocycles. The first-order valence-electron chi connectivity index (χ1n) is 10.2. The molecule has 6 nitrogen and oxygen atoms in total. The second-order valence-electron chi connectivity index (χ2n) is 7.82. The average molecular weight is 445 g/mol. The third kappa shape index (κ3) is 3.92. The molecule has 1 aliphatic heterocycles. The molecule has 31 heavy (non-hydrogen) atoms. The summed E-state index contributed by atoms with van der Waals surface area (Å²) in [4.78, 5) is 6.55. The molecule has 4 rings (SSSR count). The Morgan fingerprint density at radius 1 is 1.03 bits per heavy atom. The van der Waals surface area contributed by atoms with Crippen LogP contribution in [0.5, 0.6) is 11.5 Å². The van der Waals surface area contributed by atoms with E-state index in [2.05, 4.69) is 16.8 Å². The van der Waals surface area contributed by atoms with Crippen LogP contribution in [0.4, 0.5) is 10.1 Å². The summed E-state index contributed by atoms with van der Waals surface area (Å²) in [5, 5.41) is 0.623. The maximum absolute atomic E-state index is 13.8. The standard InChI is InChI=1S/C23H25FN2O4S/c1-15-8-10-26(11-9-15)23-18-6-4-16(24)12-19(18)25-14-22(23)31(27,28)17-5-7-20(29-2)21(13-17)30-3/h4-7,12-15H,8-11H2,1-3H3. The van der Waals surface area contributed by atoms with Crippen LogP contribution in [0.3, 0.4) is 0 Å². The topological polar surface area (TPSA) is 68.7 Å². The van der Waals surface area contributed by atoms with Crippen molar-refractivity contribution in [2.45, 2.75) is 29.6 Å². The van der Waals surface area contributed by atoms with E-state index in [4.69, 9.17) is 9.47 Å². The SMILES string of the molecule is COc1ccc(S(=O)(=O)c2cnc3cc(F)ccc3c2N2CCC(C)CC2)cc1OC. The maximum Gasteiger partial charge on any atom is 0.210 e. The fourth-order valence-electron chi connectivity index (χ4n) is 4.00. The Kier molecular flexibility index (Phi) is 5.75. The molecule has 8 heteroatoms. The molecule has 0 unspecified atom stereocenters. The number of benzene rings is 2. The molecular formula is C23H25FN2O4S. The van der Waals surface area contributed by atoms with E-state index in [0.717, 1.165) is 25.9 Å². The van der Waals surface area contributed by atoms with Gasteiger partial charge in [-0.25, -0.2) is 12.8 Å². The predicted octanol–water partition coefficient (Wildman–Crippen LogP) is 4.46. The Hall–Kier alpha value is -2.87. The first-order valence-corrected chi connectivity index (χ1v) is 11.6. The number of piperidine rings is 1. The number of rotatable bonds is 5. The predicted molar refractivity (Wildman–Crippen MR) is 117 cm³/mol. The number of methoxy groups -OCH3 is 2. The fourth-order valence-corrected chi connectivity index (χ4v) is 5.45. The minimum absolute atomic E-state index is 0.0834. The summed E-state index contributed by atoms with van der Waals surface area (Å²) in [6, 6.07) is 8.79. The molecule has 1 saturated heterocycles. The van der Waals surface area contributed by atoms with Crippen LogP contribution < -0.4 is 14.4 Å². The molecular weight excluding hydrogens is 419 g/mol.